The number of sulfonamides is 1. The molecule has 3 heterocycles. The van der Waals surface area contributed by atoms with Crippen LogP contribution in [0, 0.1) is 5.92 Å². The molecule has 168 valence electrons. The molecule has 0 unspecified atom stereocenters. The molecule has 1 fully saturated rings. The van der Waals surface area contributed by atoms with Crippen molar-refractivity contribution < 1.29 is 13.2 Å². The van der Waals surface area contributed by atoms with Crippen LogP contribution in [0.2, 0.25) is 0 Å². The first-order chi connectivity index (χ1) is 14.8. The summed E-state index contributed by atoms with van der Waals surface area (Å²) in [4.78, 5) is 16.7. The van der Waals surface area contributed by atoms with Gasteiger partial charge < -0.3 is 5.32 Å². The highest BCUT2D eigenvalue weighted by Crippen LogP contribution is 2.31. The standard InChI is InChI=1S/C23H31N3O3S2/c1-17-9-12-25(13-10-17)21(22-6-4-14-30-22)16-24-23(27)19-7-8-20-18(15-19)5-3-11-26(20)31(2,28)29/h4,6-8,14-15,17,21H,3,5,9-13,16H2,1-2H3,(H,24,27)/t21-/m0/s1. The Kier molecular flexibility index (Phi) is 6.69. The second-order valence-electron chi connectivity index (χ2n) is 8.74. The lowest BCUT2D eigenvalue weighted by atomic mass is 9.97. The maximum absolute atomic E-state index is 13.0. The highest BCUT2D eigenvalue weighted by Gasteiger charge is 2.27. The lowest BCUT2D eigenvalue weighted by Crippen LogP contribution is -2.41. The highest BCUT2D eigenvalue weighted by molar-refractivity contribution is 7.92. The molecule has 0 saturated carbocycles. The number of nitrogens with one attached hydrogen (secondary N) is 1. The van der Waals surface area contributed by atoms with E-state index in [0.29, 0.717) is 24.3 Å². The molecule has 8 heteroatoms. The van der Waals surface area contributed by atoms with Gasteiger partial charge in [-0.25, -0.2) is 8.42 Å². The number of likely N-dealkylation sites (tertiary alicyclic amines) is 1. The van der Waals surface area contributed by atoms with Gasteiger partial charge >= 0.3 is 0 Å². The Bertz CT molecular complexity index is 1010. The van der Waals surface area contributed by atoms with Gasteiger partial charge in [-0.1, -0.05) is 13.0 Å². The first kappa shape index (κ1) is 22.3. The SMILES string of the molecule is CC1CCN([C@@H](CNC(=O)c2ccc3c(c2)CCCN3S(C)(=O)=O)c2cccs2)CC1. The summed E-state index contributed by atoms with van der Waals surface area (Å²) in [6.07, 6.45) is 5.16. The molecule has 2 aliphatic heterocycles. The van der Waals surface area contributed by atoms with Gasteiger partial charge in [0.05, 0.1) is 18.0 Å². The van der Waals surface area contributed by atoms with Crippen molar-refractivity contribution in [1.82, 2.24) is 10.2 Å². The largest absolute Gasteiger partial charge is 0.350 e. The summed E-state index contributed by atoms with van der Waals surface area (Å²) in [5.41, 5.74) is 2.21. The molecule has 2 aromatic rings. The number of fused-ring (bicyclic) bond motifs is 1. The predicted octanol–water partition coefficient (Wildman–Crippen LogP) is 3.66. The van der Waals surface area contributed by atoms with Crippen LogP contribution in [0.15, 0.2) is 35.7 Å². The number of nitrogens with zero attached hydrogens (tertiary/aromatic N) is 2. The van der Waals surface area contributed by atoms with Crippen LogP contribution in [0.5, 0.6) is 0 Å². The van der Waals surface area contributed by atoms with E-state index in [1.165, 1.54) is 28.3 Å². The van der Waals surface area contributed by atoms with E-state index in [4.69, 9.17) is 0 Å². The van der Waals surface area contributed by atoms with Gasteiger partial charge in [0.15, 0.2) is 0 Å². The zero-order valence-corrected chi connectivity index (χ0v) is 19.8. The van der Waals surface area contributed by atoms with Gasteiger partial charge in [0.1, 0.15) is 0 Å². The maximum atomic E-state index is 13.0. The molecule has 0 radical (unpaired) electrons. The van der Waals surface area contributed by atoms with E-state index in [0.717, 1.165) is 37.4 Å². The molecule has 0 aliphatic carbocycles. The second kappa shape index (κ2) is 9.30. The van der Waals surface area contributed by atoms with Crippen molar-refractivity contribution >= 4 is 33.0 Å². The molecule has 1 amide bonds. The van der Waals surface area contributed by atoms with Crippen LogP contribution in [0.4, 0.5) is 5.69 Å². The third-order valence-corrected chi connectivity index (χ3v) is 8.56. The van der Waals surface area contributed by atoms with Crippen molar-refractivity contribution in [3.8, 4) is 0 Å². The molecule has 1 atom stereocenters. The number of piperidine rings is 1. The van der Waals surface area contributed by atoms with Crippen molar-refractivity contribution in [2.45, 2.75) is 38.6 Å². The zero-order chi connectivity index (χ0) is 22.0. The predicted molar refractivity (Wildman–Crippen MR) is 126 cm³/mol. The van der Waals surface area contributed by atoms with Crippen molar-refractivity contribution in [1.29, 1.82) is 0 Å². The Morgan fingerprint density at radius 2 is 2.00 bits per heavy atom. The molecule has 0 spiro atoms. The summed E-state index contributed by atoms with van der Waals surface area (Å²) in [5.74, 6) is 0.656. The summed E-state index contributed by atoms with van der Waals surface area (Å²) in [6.45, 7) is 5.48. The molecule has 4 rings (SSSR count). The third-order valence-electron chi connectivity index (χ3n) is 6.40. The minimum atomic E-state index is -3.31. The van der Waals surface area contributed by atoms with Gasteiger partial charge in [-0.2, -0.15) is 0 Å². The Morgan fingerprint density at radius 3 is 2.68 bits per heavy atom. The van der Waals surface area contributed by atoms with E-state index in [2.05, 4.69) is 34.7 Å². The number of amides is 1. The Hall–Kier alpha value is -1.90. The molecule has 1 aromatic heterocycles. The monoisotopic (exact) mass is 461 g/mol. The van der Waals surface area contributed by atoms with E-state index in [-0.39, 0.29) is 11.9 Å². The van der Waals surface area contributed by atoms with Gasteiger partial charge in [0.25, 0.3) is 5.91 Å². The molecule has 1 saturated heterocycles. The number of thiophene rings is 1. The summed E-state index contributed by atoms with van der Waals surface area (Å²) in [5, 5.41) is 5.23. The van der Waals surface area contributed by atoms with Crippen LogP contribution in [0.25, 0.3) is 0 Å². The number of anilines is 1. The normalized spacial score (nSPS) is 19.1. The number of rotatable bonds is 6. The van der Waals surface area contributed by atoms with Gasteiger partial charge in [0, 0.05) is 23.5 Å². The van der Waals surface area contributed by atoms with Gasteiger partial charge in [-0.15, -0.1) is 11.3 Å². The number of aryl methyl sites for hydroxylation is 1. The second-order valence-corrected chi connectivity index (χ2v) is 11.6. The summed E-state index contributed by atoms with van der Waals surface area (Å²) < 4.78 is 25.6. The number of benzene rings is 1. The number of hydrogen-bond acceptors (Lipinski definition) is 5. The van der Waals surface area contributed by atoms with E-state index in [1.54, 1.807) is 23.5 Å². The van der Waals surface area contributed by atoms with Crippen molar-refractivity contribution in [2.24, 2.45) is 5.92 Å². The fourth-order valence-corrected chi connectivity index (χ4v) is 6.43. The first-order valence-corrected chi connectivity index (χ1v) is 13.7. The van der Waals surface area contributed by atoms with Crippen molar-refractivity contribution in [2.75, 3.05) is 36.7 Å². The Balaban J connectivity index is 1.47. The smallest absolute Gasteiger partial charge is 0.251 e. The molecule has 2 aliphatic rings. The Morgan fingerprint density at radius 1 is 1.23 bits per heavy atom. The zero-order valence-electron chi connectivity index (χ0n) is 18.2. The molecule has 6 nitrogen and oxygen atoms in total. The van der Waals surface area contributed by atoms with Crippen LogP contribution >= 0.6 is 11.3 Å². The molecular formula is C23H31N3O3S2. The van der Waals surface area contributed by atoms with Crippen molar-refractivity contribution in [3.63, 3.8) is 0 Å². The van der Waals surface area contributed by atoms with Crippen LogP contribution in [0.1, 0.15) is 53.0 Å². The molecule has 1 aromatic carbocycles. The lowest BCUT2D eigenvalue weighted by Gasteiger charge is -2.36. The number of carbonyl (C=O) groups excluding carboxylic acids is 1. The van der Waals surface area contributed by atoms with Crippen molar-refractivity contribution in [3.05, 3.63) is 51.7 Å². The summed E-state index contributed by atoms with van der Waals surface area (Å²) in [6, 6.07) is 9.77. The van der Waals surface area contributed by atoms with Gasteiger partial charge in [-0.05, 0) is 79.9 Å². The molecule has 0 bridgehead atoms. The quantitative estimate of drug-likeness (QED) is 0.713. The fourth-order valence-electron chi connectivity index (χ4n) is 4.57. The van der Waals surface area contributed by atoms with E-state index >= 15 is 0 Å². The number of carbonyl (C=O) groups is 1. The third kappa shape index (κ3) is 5.13. The van der Waals surface area contributed by atoms with E-state index in [9.17, 15) is 13.2 Å². The van der Waals surface area contributed by atoms with Crippen LogP contribution in [-0.2, 0) is 16.4 Å². The van der Waals surface area contributed by atoms with E-state index < -0.39 is 10.0 Å². The minimum Gasteiger partial charge on any atom is -0.350 e. The first-order valence-electron chi connectivity index (χ1n) is 11.0. The highest BCUT2D eigenvalue weighted by atomic mass is 32.2. The topological polar surface area (TPSA) is 69.7 Å². The summed E-state index contributed by atoms with van der Waals surface area (Å²) >= 11 is 1.74. The average Bonchev–Trinajstić information content (AvgIpc) is 3.28. The van der Waals surface area contributed by atoms with Crippen LogP contribution in [-0.4, -0.2) is 51.7 Å². The average molecular weight is 462 g/mol. The molecule has 31 heavy (non-hydrogen) atoms. The van der Waals surface area contributed by atoms with E-state index in [1.807, 2.05) is 6.07 Å². The molecule has 1 N–H and O–H groups in total. The fraction of sp³-hybridized carbons (Fsp3) is 0.522. The Labute approximate surface area is 189 Å². The lowest BCUT2D eigenvalue weighted by molar-refractivity contribution is 0.0915. The van der Waals surface area contributed by atoms with Gasteiger partial charge in [-0.3, -0.25) is 14.0 Å². The maximum Gasteiger partial charge on any atom is 0.251 e. The van der Waals surface area contributed by atoms with Crippen LogP contribution in [0.3, 0.4) is 0 Å². The van der Waals surface area contributed by atoms with Gasteiger partial charge in [0.2, 0.25) is 10.0 Å². The van der Waals surface area contributed by atoms with Crippen LogP contribution < -0.4 is 9.62 Å². The molecular weight excluding hydrogens is 430 g/mol. The number of hydrogen-bond donors (Lipinski definition) is 1. The summed E-state index contributed by atoms with van der Waals surface area (Å²) in [7, 11) is -3.31. The minimum absolute atomic E-state index is 0.105.